The normalized spacial score (nSPS) is 14.0. The van der Waals surface area contributed by atoms with Crippen molar-refractivity contribution < 1.29 is 27.4 Å². The van der Waals surface area contributed by atoms with Crippen LogP contribution in [0.25, 0.3) is 0 Å². The number of carbonyl (C=O) groups excluding carboxylic acids is 1. The van der Waals surface area contributed by atoms with Gasteiger partial charge in [0, 0.05) is 5.92 Å². The molecule has 24 heavy (non-hydrogen) atoms. The maximum atomic E-state index is 13.8. The first-order valence-corrected chi connectivity index (χ1v) is 8.03. The van der Waals surface area contributed by atoms with Gasteiger partial charge in [0.25, 0.3) is 0 Å². The first-order valence-electron chi connectivity index (χ1n) is 8.03. The topological polar surface area (TPSA) is 35.5 Å². The summed E-state index contributed by atoms with van der Waals surface area (Å²) in [6, 6.07) is 4.41. The van der Waals surface area contributed by atoms with Gasteiger partial charge in [-0.1, -0.05) is 33.8 Å². The van der Waals surface area contributed by atoms with Crippen LogP contribution in [0.2, 0.25) is 0 Å². The summed E-state index contributed by atoms with van der Waals surface area (Å²) in [5.74, 6) is -0.971. The average Bonchev–Trinajstić information content (AvgIpc) is 2.52. The monoisotopic (exact) mass is 346 g/mol. The summed E-state index contributed by atoms with van der Waals surface area (Å²) in [5.41, 5.74) is 0.795. The minimum Gasteiger partial charge on any atom is -0.487 e. The van der Waals surface area contributed by atoms with Crippen molar-refractivity contribution in [2.75, 3.05) is 19.8 Å². The van der Waals surface area contributed by atoms with Crippen LogP contribution in [0, 0.1) is 11.7 Å². The van der Waals surface area contributed by atoms with Gasteiger partial charge in [-0.15, -0.1) is 0 Å². The van der Waals surface area contributed by atoms with E-state index in [9.17, 15) is 18.0 Å². The van der Waals surface area contributed by atoms with E-state index in [-0.39, 0.29) is 30.0 Å². The van der Waals surface area contributed by atoms with Crippen molar-refractivity contribution in [3.05, 3.63) is 29.6 Å². The van der Waals surface area contributed by atoms with Crippen LogP contribution in [0.1, 0.15) is 39.2 Å². The highest BCUT2D eigenvalue weighted by Gasteiger charge is 2.23. The summed E-state index contributed by atoms with van der Waals surface area (Å²) < 4.78 is 51.0. The van der Waals surface area contributed by atoms with Crippen LogP contribution in [-0.4, -0.2) is 37.9 Å². The summed E-state index contributed by atoms with van der Waals surface area (Å²) in [7, 11) is 0. The smallest absolute Gasteiger partial charge is 0.167 e. The molecule has 0 heterocycles. The predicted octanol–water partition coefficient (Wildman–Crippen LogP) is 4.25. The molecule has 0 aliphatic rings. The molecule has 0 aliphatic carbocycles. The van der Waals surface area contributed by atoms with Crippen molar-refractivity contribution in [1.82, 2.24) is 0 Å². The summed E-state index contributed by atoms with van der Waals surface area (Å²) >= 11 is 0. The lowest BCUT2D eigenvalue weighted by atomic mass is 10.0. The highest BCUT2D eigenvalue weighted by atomic mass is 19.2. The molecule has 0 fully saturated rings. The summed E-state index contributed by atoms with van der Waals surface area (Å²) in [4.78, 5) is 11.3. The minimum atomic E-state index is -1.97. The molecule has 0 N–H and O–H groups in total. The third kappa shape index (κ3) is 6.51. The molecule has 2 atom stereocenters. The Bertz CT molecular complexity index is 532. The van der Waals surface area contributed by atoms with E-state index in [1.54, 1.807) is 19.9 Å². The van der Waals surface area contributed by atoms with Crippen molar-refractivity contribution in [2.45, 2.75) is 46.0 Å². The van der Waals surface area contributed by atoms with Crippen LogP contribution in [0.4, 0.5) is 13.2 Å². The second kappa shape index (κ2) is 9.67. The molecule has 0 saturated heterocycles. The quantitative estimate of drug-likeness (QED) is 0.635. The van der Waals surface area contributed by atoms with E-state index in [1.807, 2.05) is 13.8 Å². The van der Waals surface area contributed by atoms with Gasteiger partial charge in [-0.25, -0.2) is 13.2 Å². The number of benzene rings is 1. The number of carbonyl (C=O) groups is 1. The number of ether oxygens (including phenoxy) is 2. The van der Waals surface area contributed by atoms with Crippen LogP contribution in [0.3, 0.4) is 0 Å². The van der Waals surface area contributed by atoms with Crippen molar-refractivity contribution in [1.29, 1.82) is 0 Å². The SMILES string of the molecule is CC(C)C(=O)COCC(F)C(F)COc1ccc(C(C)C)cc1F. The van der Waals surface area contributed by atoms with Gasteiger partial charge in [0.15, 0.2) is 29.7 Å². The van der Waals surface area contributed by atoms with Gasteiger partial charge in [-0.2, -0.15) is 0 Å². The van der Waals surface area contributed by atoms with Crippen LogP contribution < -0.4 is 4.74 Å². The largest absolute Gasteiger partial charge is 0.487 e. The van der Waals surface area contributed by atoms with E-state index in [1.165, 1.54) is 12.1 Å². The maximum Gasteiger partial charge on any atom is 0.167 e. The number of hydrogen-bond donors (Lipinski definition) is 0. The van der Waals surface area contributed by atoms with Gasteiger partial charge in [0.1, 0.15) is 13.2 Å². The van der Waals surface area contributed by atoms with Crippen molar-refractivity contribution in [3.63, 3.8) is 0 Å². The Morgan fingerprint density at radius 3 is 2.25 bits per heavy atom. The van der Waals surface area contributed by atoms with Gasteiger partial charge in [0.05, 0.1) is 6.61 Å². The van der Waals surface area contributed by atoms with Crippen molar-refractivity contribution in [2.24, 2.45) is 5.92 Å². The molecular formula is C18H25F3O3. The number of alkyl halides is 2. The molecule has 0 bridgehead atoms. The van der Waals surface area contributed by atoms with E-state index in [0.29, 0.717) is 0 Å². The zero-order valence-corrected chi connectivity index (χ0v) is 14.5. The number of ketones is 1. The van der Waals surface area contributed by atoms with Gasteiger partial charge in [-0.3, -0.25) is 4.79 Å². The van der Waals surface area contributed by atoms with E-state index in [2.05, 4.69) is 0 Å². The zero-order chi connectivity index (χ0) is 18.3. The molecule has 0 radical (unpaired) electrons. The lowest BCUT2D eigenvalue weighted by Crippen LogP contribution is -2.30. The number of hydrogen-bond acceptors (Lipinski definition) is 3. The Morgan fingerprint density at radius 1 is 1.08 bits per heavy atom. The fourth-order valence-electron chi connectivity index (χ4n) is 1.81. The molecule has 136 valence electrons. The fraction of sp³-hybridized carbons (Fsp3) is 0.611. The van der Waals surface area contributed by atoms with Crippen LogP contribution >= 0.6 is 0 Å². The number of Topliss-reactive ketones (excluding diaryl/α,β-unsaturated/α-hetero) is 1. The van der Waals surface area contributed by atoms with Crippen LogP contribution in [0.5, 0.6) is 5.75 Å². The van der Waals surface area contributed by atoms with Crippen LogP contribution in [-0.2, 0) is 9.53 Å². The molecule has 1 aromatic carbocycles. The lowest BCUT2D eigenvalue weighted by molar-refractivity contribution is -0.127. The average molecular weight is 346 g/mol. The molecule has 0 amide bonds. The van der Waals surface area contributed by atoms with E-state index >= 15 is 0 Å². The fourth-order valence-corrected chi connectivity index (χ4v) is 1.81. The third-order valence-corrected chi connectivity index (χ3v) is 3.58. The highest BCUT2D eigenvalue weighted by Crippen LogP contribution is 2.23. The van der Waals surface area contributed by atoms with Gasteiger partial charge >= 0.3 is 0 Å². The summed E-state index contributed by atoms with van der Waals surface area (Å²) in [5, 5.41) is 0. The molecule has 3 nitrogen and oxygen atoms in total. The molecule has 1 rings (SSSR count). The second-order valence-electron chi connectivity index (χ2n) is 6.32. The molecule has 0 saturated carbocycles. The standard InChI is InChI=1S/C18H25F3O3/c1-11(2)13-5-6-18(14(19)7-13)24-9-16(21)15(20)8-23-10-17(22)12(3)4/h5-7,11-12,15-16H,8-10H2,1-4H3. The Hall–Kier alpha value is -1.56. The molecule has 1 aromatic rings. The predicted molar refractivity (Wildman–Crippen MR) is 86.4 cm³/mol. The lowest BCUT2D eigenvalue weighted by Gasteiger charge is -2.16. The molecule has 0 aliphatic heterocycles. The van der Waals surface area contributed by atoms with Gasteiger partial charge < -0.3 is 9.47 Å². The van der Waals surface area contributed by atoms with E-state index in [0.717, 1.165) is 5.56 Å². The molecule has 0 spiro atoms. The minimum absolute atomic E-state index is 0.120. The van der Waals surface area contributed by atoms with Crippen LogP contribution in [0.15, 0.2) is 18.2 Å². The number of halogens is 3. The third-order valence-electron chi connectivity index (χ3n) is 3.58. The van der Waals surface area contributed by atoms with Gasteiger partial charge in [-0.05, 0) is 23.6 Å². The molecule has 0 aromatic heterocycles. The van der Waals surface area contributed by atoms with E-state index in [4.69, 9.17) is 9.47 Å². The summed E-state index contributed by atoms with van der Waals surface area (Å²) in [6.07, 6.45) is -3.91. The first-order chi connectivity index (χ1) is 11.2. The van der Waals surface area contributed by atoms with Gasteiger partial charge in [0.2, 0.25) is 0 Å². The molecule has 6 heteroatoms. The zero-order valence-electron chi connectivity index (χ0n) is 14.5. The van der Waals surface area contributed by atoms with Crippen molar-refractivity contribution in [3.8, 4) is 5.75 Å². The highest BCUT2D eigenvalue weighted by molar-refractivity contribution is 5.81. The Balaban J connectivity index is 2.42. The Morgan fingerprint density at radius 2 is 1.71 bits per heavy atom. The maximum absolute atomic E-state index is 13.8. The van der Waals surface area contributed by atoms with Crippen molar-refractivity contribution >= 4 is 5.78 Å². The first kappa shape index (κ1) is 20.5. The Kier molecular flexibility index (Phi) is 8.25. The Labute approximate surface area is 141 Å². The molecule has 2 unspecified atom stereocenters. The molecular weight excluding hydrogens is 321 g/mol. The van der Waals surface area contributed by atoms with E-state index < -0.39 is 31.4 Å². The number of rotatable bonds is 10. The summed E-state index contributed by atoms with van der Waals surface area (Å²) in [6.45, 7) is 5.82. The second-order valence-corrected chi connectivity index (χ2v) is 6.32.